The molecule has 1 amide bonds. The van der Waals surface area contributed by atoms with Crippen LogP contribution < -0.4 is 4.90 Å². The van der Waals surface area contributed by atoms with Crippen molar-refractivity contribution in [3.05, 3.63) is 77.9 Å². The van der Waals surface area contributed by atoms with Gasteiger partial charge in [0.1, 0.15) is 0 Å². The fraction of sp³-hybridized carbons (Fsp3) is 0.429. The molecule has 0 aliphatic carbocycles. The molecule has 0 aliphatic heterocycles. The molecule has 3 aromatic rings. The van der Waals surface area contributed by atoms with E-state index in [1.165, 1.54) is 11.1 Å². The SMILES string of the molecule is CCN(CC)CCN(C(=O)c1ccc(-n2ccnc2)cc1)c1c(C(C)C)cccc1C(C)C. The molecular weight excluding hydrogens is 408 g/mol. The minimum absolute atomic E-state index is 0.0503. The summed E-state index contributed by atoms with van der Waals surface area (Å²) in [7, 11) is 0. The zero-order valence-corrected chi connectivity index (χ0v) is 21.0. The van der Waals surface area contributed by atoms with Gasteiger partial charge in [-0.15, -0.1) is 0 Å². The van der Waals surface area contributed by atoms with E-state index in [0.717, 1.165) is 31.0 Å². The number of hydrogen-bond acceptors (Lipinski definition) is 3. The lowest BCUT2D eigenvalue weighted by molar-refractivity contribution is 0.0983. The first kappa shape index (κ1) is 24.7. The average Bonchev–Trinajstić information content (AvgIpc) is 3.36. The van der Waals surface area contributed by atoms with Crippen LogP contribution in [-0.4, -0.2) is 46.5 Å². The number of aromatic nitrogens is 2. The molecule has 33 heavy (non-hydrogen) atoms. The Morgan fingerprint density at radius 1 is 0.909 bits per heavy atom. The number of likely N-dealkylation sites (N-methyl/N-ethyl adjacent to an activating group) is 1. The predicted molar refractivity (Wildman–Crippen MR) is 138 cm³/mol. The van der Waals surface area contributed by atoms with Gasteiger partial charge in [-0.3, -0.25) is 4.79 Å². The molecule has 176 valence electrons. The molecular formula is C28H38N4O. The van der Waals surface area contributed by atoms with Crippen LogP contribution in [0.4, 0.5) is 5.69 Å². The quantitative estimate of drug-likeness (QED) is 0.377. The number of amides is 1. The maximum atomic E-state index is 14.0. The van der Waals surface area contributed by atoms with Crippen LogP contribution in [-0.2, 0) is 0 Å². The van der Waals surface area contributed by atoms with Crippen LogP contribution in [0.25, 0.3) is 5.69 Å². The molecule has 0 fully saturated rings. The molecule has 2 aromatic carbocycles. The van der Waals surface area contributed by atoms with Gasteiger partial charge in [0.2, 0.25) is 0 Å². The number of para-hydroxylation sites is 1. The van der Waals surface area contributed by atoms with Gasteiger partial charge < -0.3 is 14.4 Å². The molecule has 0 spiro atoms. The van der Waals surface area contributed by atoms with E-state index in [1.807, 2.05) is 39.9 Å². The molecule has 0 radical (unpaired) electrons. The first-order chi connectivity index (χ1) is 15.9. The Bertz CT molecular complexity index is 992. The summed E-state index contributed by atoms with van der Waals surface area (Å²) in [4.78, 5) is 22.5. The number of imidazole rings is 1. The van der Waals surface area contributed by atoms with E-state index in [-0.39, 0.29) is 5.91 Å². The van der Waals surface area contributed by atoms with Gasteiger partial charge in [0, 0.05) is 36.7 Å². The molecule has 0 saturated heterocycles. The molecule has 3 rings (SSSR count). The van der Waals surface area contributed by atoms with Crippen molar-refractivity contribution in [1.82, 2.24) is 14.5 Å². The van der Waals surface area contributed by atoms with Crippen molar-refractivity contribution in [3.63, 3.8) is 0 Å². The molecule has 5 heteroatoms. The van der Waals surface area contributed by atoms with Gasteiger partial charge in [0.05, 0.1) is 12.0 Å². The first-order valence-electron chi connectivity index (χ1n) is 12.1. The predicted octanol–water partition coefficient (Wildman–Crippen LogP) is 6.11. The van der Waals surface area contributed by atoms with Crippen molar-refractivity contribution in [2.75, 3.05) is 31.1 Å². The second-order valence-corrected chi connectivity index (χ2v) is 9.09. The van der Waals surface area contributed by atoms with Gasteiger partial charge >= 0.3 is 0 Å². The van der Waals surface area contributed by atoms with Crippen LogP contribution in [0.3, 0.4) is 0 Å². The Labute approximate surface area is 199 Å². The number of carbonyl (C=O) groups is 1. The molecule has 0 N–H and O–H groups in total. The van der Waals surface area contributed by atoms with E-state index >= 15 is 0 Å². The van der Waals surface area contributed by atoms with Crippen molar-refractivity contribution in [2.45, 2.75) is 53.4 Å². The summed E-state index contributed by atoms with van der Waals surface area (Å²) in [6, 6.07) is 14.3. The van der Waals surface area contributed by atoms with Crippen LogP contribution >= 0.6 is 0 Å². The van der Waals surface area contributed by atoms with Gasteiger partial charge in [0.25, 0.3) is 5.91 Å². The number of carbonyl (C=O) groups excluding carboxylic acids is 1. The molecule has 0 saturated carbocycles. The first-order valence-corrected chi connectivity index (χ1v) is 12.1. The highest BCUT2D eigenvalue weighted by Crippen LogP contribution is 2.36. The van der Waals surface area contributed by atoms with Crippen LogP contribution in [0.15, 0.2) is 61.2 Å². The highest BCUT2D eigenvalue weighted by atomic mass is 16.2. The highest BCUT2D eigenvalue weighted by molar-refractivity contribution is 6.07. The highest BCUT2D eigenvalue weighted by Gasteiger charge is 2.25. The van der Waals surface area contributed by atoms with Crippen molar-refractivity contribution in [2.24, 2.45) is 0 Å². The number of rotatable bonds is 10. The minimum atomic E-state index is 0.0503. The lowest BCUT2D eigenvalue weighted by Gasteiger charge is -2.32. The Balaban J connectivity index is 2.04. The topological polar surface area (TPSA) is 41.4 Å². The van der Waals surface area contributed by atoms with E-state index in [4.69, 9.17) is 0 Å². The summed E-state index contributed by atoms with van der Waals surface area (Å²) >= 11 is 0. The molecule has 1 aromatic heterocycles. The Hall–Kier alpha value is -2.92. The molecule has 0 aliphatic rings. The monoisotopic (exact) mass is 446 g/mol. The Kier molecular flexibility index (Phi) is 8.45. The molecule has 0 bridgehead atoms. The number of benzene rings is 2. The summed E-state index contributed by atoms with van der Waals surface area (Å²) in [6.45, 7) is 16.6. The van der Waals surface area contributed by atoms with Gasteiger partial charge in [-0.25, -0.2) is 4.98 Å². The third-order valence-electron chi connectivity index (χ3n) is 6.31. The van der Waals surface area contributed by atoms with Crippen molar-refractivity contribution >= 4 is 11.6 Å². The third-order valence-corrected chi connectivity index (χ3v) is 6.31. The lowest BCUT2D eigenvalue weighted by Crippen LogP contribution is -2.40. The van der Waals surface area contributed by atoms with E-state index in [9.17, 15) is 4.79 Å². The van der Waals surface area contributed by atoms with E-state index < -0.39 is 0 Å². The summed E-state index contributed by atoms with van der Waals surface area (Å²) in [5.41, 5.74) is 5.22. The number of anilines is 1. The van der Waals surface area contributed by atoms with Crippen molar-refractivity contribution in [1.29, 1.82) is 0 Å². The largest absolute Gasteiger partial charge is 0.307 e. The zero-order valence-electron chi connectivity index (χ0n) is 21.0. The number of hydrogen-bond donors (Lipinski definition) is 0. The molecule has 0 unspecified atom stereocenters. The van der Waals surface area contributed by atoms with Gasteiger partial charge in [-0.05, 0) is 60.3 Å². The normalized spacial score (nSPS) is 11.5. The second-order valence-electron chi connectivity index (χ2n) is 9.09. The second kappa shape index (κ2) is 11.3. The van der Waals surface area contributed by atoms with Crippen LogP contribution in [0.5, 0.6) is 0 Å². The third kappa shape index (κ3) is 5.72. The van der Waals surface area contributed by atoms with Crippen LogP contribution in [0.2, 0.25) is 0 Å². The fourth-order valence-corrected chi connectivity index (χ4v) is 4.26. The smallest absolute Gasteiger partial charge is 0.258 e. The van der Waals surface area contributed by atoms with Gasteiger partial charge in [-0.1, -0.05) is 59.7 Å². The van der Waals surface area contributed by atoms with Gasteiger partial charge in [-0.2, -0.15) is 0 Å². The Morgan fingerprint density at radius 2 is 1.52 bits per heavy atom. The number of nitrogens with zero attached hydrogens (tertiary/aromatic N) is 4. The van der Waals surface area contributed by atoms with E-state index in [1.54, 1.807) is 12.5 Å². The van der Waals surface area contributed by atoms with Crippen molar-refractivity contribution < 1.29 is 4.79 Å². The molecule has 5 nitrogen and oxygen atoms in total. The summed E-state index contributed by atoms with van der Waals surface area (Å²) in [5.74, 6) is 0.700. The van der Waals surface area contributed by atoms with Crippen LogP contribution in [0.1, 0.15) is 74.9 Å². The summed E-state index contributed by atoms with van der Waals surface area (Å²) in [5, 5.41) is 0. The summed E-state index contributed by atoms with van der Waals surface area (Å²) < 4.78 is 1.94. The average molecular weight is 447 g/mol. The minimum Gasteiger partial charge on any atom is -0.307 e. The Morgan fingerprint density at radius 3 is 2.00 bits per heavy atom. The maximum absolute atomic E-state index is 14.0. The van der Waals surface area contributed by atoms with E-state index in [2.05, 4.69) is 69.6 Å². The standard InChI is InChI=1S/C28H38N4O/c1-7-30(8-2)18-19-32(27-25(21(3)4)10-9-11-26(27)22(5)6)28(33)23-12-14-24(15-13-23)31-17-16-29-20-31/h9-17,20-22H,7-8,18-19H2,1-6H3. The lowest BCUT2D eigenvalue weighted by atomic mass is 9.91. The van der Waals surface area contributed by atoms with Gasteiger partial charge in [0.15, 0.2) is 0 Å². The summed E-state index contributed by atoms with van der Waals surface area (Å²) in [6.07, 6.45) is 5.42. The zero-order chi connectivity index (χ0) is 24.0. The van der Waals surface area contributed by atoms with Crippen LogP contribution in [0, 0.1) is 0 Å². The molecule has 0 atom stereocenters. The van der Waals surface area contributed by atoms with E-state index in [0.29, 0.717) is 23.9 Å². The fourth-order valence-electron chi connectivity index (χ4n) is 4.26. The maximum Gasteiger partial charge on any atom is 0.258 e. The van der Waals surface area contributed by atoms with Crippen molar-refractivity contribution in [3.8, 4) is 5.69 Å². The molecule has 1 heterocycles.